The van der Waals surface area contributed by atoms with Gasteiger partial charge in [-0.05, 0) is 28.8 Å². The standard InChI is InChI=1S/C19H15N3O/c23-19(18-10-12-20-13-11-18)22-21-14-15-6-8-17(9-7-15)16-4-2-1-3-5-16/h1-14H,(H,22,23). The van der Waals surface area contributed by atoms with Gasteiger partial charge in [0.05, 0.1) is 6.21 Å². The van der Waals surface area contributed by atoms with Crippen LogP contribution in [0.25, 0.3) is 11.1 Å². The molecule has 0 saturated heterocycles. The Morgan fingerprint density at radius 2 is 1.52 bits per heavy atom. The van der Waals surface area contributed by atoms with Crippen molar-refractivity contribution in [2.45, 2.75) is 0 Å². The summed E-state index contributed by atoms with van der Waals surface area (Å²) in [5.41, 5.74) is 6.25. The van der Waals surface area contributed by atoms with Crippen LogP contribution in [-0.2, 0) is 0 Å². The number of hydrogen-bond donors (Lipinski definition) is 1. The van der Waals surface area contributed by atoms with E-state index in [4.69, 9.17) is 0 Å². The van der Waals surface area contributed by atoms with Crippen molar-refractivity contribution in [3.63, 3.8) is 0 Å². The second kappa shape index (κ2) is 7.13. The highest BCUT2D eigenvalue weighted by molar-refractivity contribution is 5.94. The third-order valence-electron chi connectivity index (χ3n) is 3.34. The zero-order valence-corrected chi connectivity index (χ0v) is 12.4. The normalized spacial score (nSPS) is 10.6. The van der Waals surface area contributed by atoms with E-state index in [9.17, 15) is 4.79 Å². The maximum Gasteiger partial charge on any atom is 0.271 e. The highest BCUT2D eigenvalue weighted by Crippen LogP contribution is 2.18. The summed E-state index contributed by atoms with van der Waals surface area (Å²) < 4.78 is 0. The number of carbonyl (C=O) groups is 1. The van der Waals surface area contributed by atoms with Gasteiger partial charge in [-0.1, -0.05) is 54.6 Å². The minimum absolute atomic E-state index is 0.260. The van der Waals surface area contributed by atoms with Crippen LogP contribution in [0, 0.1) is 0 Å². The van der Waals surface area contributed by atoms with Gasteiger partial charge in [0.15, 0.2) is 0 Å². The molecule has 1 heterocycles. The topological polar surface area (TPSA) is 54.4 Å². The molecule has 0 saturated carbocycles. The van der Waals surface area contributed by atoms with Crippen molar-refractivity contribution in [3.05, 3.63) is 90.3 Å². The van der Waals surface area contributed by atoms with Crippen molar-refractivity contribution >= 4 is 12.1 Å². The largest absolute Gasteiger partial charge is 0.271 e. The van der Waals surface area contributed by atoms with Crippen LogP contribution >= 0.6 is 0 Å². The molecule has 0 aliphatic carbocycles. The second-order valence-electron chi connectivity index (χ2n) is 4.92. The Morgan fingerprint density at radius 3 is 2.22 bits per heavy atom. The Balaban J connectivity index is 1.63. The summed E-state index contributed by atoms with van der Waals surface area (Å²) in [5, 5.41) is 3.98. The van der Waals surface area contributed by atoms with E-state index in [2.05, 4.69) is 27.6 Å². The third-order valence-corrected chi connectivity index (χ3v) is 3.34. The molecular weight excluding hydrogens is 286 g/mol. The van der Waals surface area contributed by atoms with Gasteiger partial charge in [0.25, 0.3) is 5.91 Å². The molecule has 0 aliphatic heterocycles. The quantitative estimate of drug-likeness (QED) is 0.592. The highest BCUT2D eigenvalue weighted by atomic mass is 16.2. The number of nitrogens with zero attached hydrogens (tertiary/aromatic N) is 2. The van der Waals surface area contributed by atoms with Crippen molar-refractivity contribution < 1.29 is 4.79 Å². The van der Waals surface area contributed by atoms with Gasteiger partial charge in [-0.25, -0.2) is 5.43 Å². The summed E-state index contributed by atoms with van der Waals surface area (Å²) in [4.78, 5) is 15.7. The van der Waals surface area contributed by atoms with Crippen molar-refractivity contribution in [1.29, 1.82) is 0 Å². The first-order valence-corrected chi connectivity index (χ1v) is 7.22. The molecule has 0 aliphatic rings. The summed E-state index contributed by atoms with van der Waals surface area (Å²) in [5.74, 6) is -0.260. The molecule has 0 bridgehead atoms. The van der Waals surface area contributed by atoms with Gasteiger partial charge in [0.2, 0.25) is 0 Å². The third kappa shape index (κ3) is 3.89. The number of rotatable bonds is 4. The summed E-state index contributed by atoms with van der Waals surface area (Å²) in [6.07, 6.45) is 4.76. The lowest BCUT2D eigenvalue weighted by Gasteiger charge is -2.02. The van der Waals surface area contributed by atoms with E-state index in [1.165, 1.54) is 5.56 Å². The highest BCUT2D eigenvalue weighted by Gasteiger charge is 2.02. The summed E-state index contributed by atoms with van der Waals surface area (Å²) in [6, 6.07) is 21.4. The summed E-state index contributed by atoms with van der Waals surface area (Å²) in [6.45, 7) is 0. The summed E-state index contributed by atoms with van der Waals surface area (Å²) >= 11 is 0. The predicted octanol–water partition coefficient (Wildman–Crippen LogP) is 3.51. The van der Waals surface area contributed by atoms with Crippen LogP contribution in [0.15, 0.2) is 84.2 Å². The number of carbonyl (C=O) groups excluding carboxylic acids is 1. The Kier molecular flexibility index (Phi) is 4.55. The van der Waals surface area contributed by atoms with Gasteiger partial charge >= 0.3 is 0 Å². The lowest BCUT2D eigenvalue weighted by Crippen LogP contribution is -2.17. The number of benzene rings is 2. The number of hydrazone groups is 1. The van der Waals surface area contributed by atoms with Crippen LogP contribution in [-0.4, -0.2) is 17.1 Å². The van der Waals surface area contributed by atoms with Gasteiger partial charge in [-0.15, -0.1) is 0 Å². The molecule has 0 unspecified atom stereocenters. The first-order chi connectivity index (χ1) is 11.3. The molecule has 0 spiro atoms. The molecule has 0 fully saturated rings. The van der Waals surface area contributed by atoms with Crippen LogP contribution in [0.2, 0.25) is 0 Å². The number of aromatic nitrogens is 1. The zero-order valence-electron chi connectivity index (χ0n) is 12.4. The molecule has 112 valence electrons. The molecule has 2 aromatic carbocycles. The summed E-state index contributed by atoms with van der Waals surface area (Å²) in [7, 11) is 0. The van der Waals surface area contributed by atoms with Crippen molar-refractivity contribution in [2.75, 3.05) is 0 Å². The average molecular weight is 301 g/mol. The van der Waals surface area contributed by atoms with Crippen molar-refractivity contribution in [2.24, 2.45) is 5.10 Å². The maximum absolute atomic E-state index is 11.8. The Hall–Kier alpha value is -3.27. The molecule has 1 aromatic heterocycles. The number of amides is 1. The fraction of sp³-hybridized carbons (Fsp3) is 0. The van der Waals surface area contributed by atoms with E-state index in [1.54, 1.807) is 30.7 Å². The van der Waals surface area contributed by atoms with Gasteiger partial charge in [0, 0.05) is 18.0 Å². The first-order valence-electron chi connectivity index (χ1n) is 7.22. The Morgan fingerprint density at radius 1 is 0.870 bits per heavy atom. The van der Waals surface area contributed by atoms with Gasteiger partial charge in [-0.3, -0.25) is 9.78 Å². The smallest absolute Gasteiger partial charge is 0.267 e. The monoisotopic (exact) mass is 301 g/mol. The van der Waals surface area contributed by atoms with E-state index in [0.29, 0.717) is 5.56 Å². The van der Waals surface area contributed by atoms with Crippen LogP contribution < -0.4 is 5.43 Å². The molecule has 1 amide bonds. The van der Waals surface area contributed by atoms with Crippen LogP contribution in [0.1, 0.15) is 15.9 Å². The van der Waals surface area contributed by atoms with E-state index in [0.717, 1.165) is 11.1 Å². The van der Waals surface area contributed by atoms with Crippen LogP contribution in [0.5, 0.6) is 0 Å². The Labute approximate surface area is 134 Å². The minimum Gasteiger partial charge on any atom is -0.267 e. The Bertz CT molecular complexity index is 797. The molecule has 0 radical (unpaired) electrons. The zero-order chi connectivity index (χ0) is 15.9. The lowest BCUT2D eigenvalue weighted by atomic mass is 10.0. The van der Waals surface area contributed by atoms with Crippen LogP contribution in [0.3, 0.4) is 0 Å². The molecule has 4 heteroatoms. The number of nitrogens with one attached hydrogen (secondary N) is 1. The van der Waals surface area contributed by atoms with Crippen molar-refractivity contribution in [3.8, 4) is 11.1 Å². The van der Waals surface area contributed by atoms with E-state index in [1.807, 2.05) is 42.5 Å². The molecule has 3 rings (SSSR count). The minimum atomic E-state index is -0.260. The first kappa shape index (κ1) is 14.7. The van der Waals surface area contributed by atoms with E-state index in [-0.39, 0.29) is 5.91 Å². The molecule has 0 atom stereocenters. The van der Waals surface area contributed by atoms with Crippen molar-refractivity contribution in [1.82, 2.24) is 10.4 Å². The molecule has 23 heavy (non-hydrogen) atoms. The van der Waals surface area contributed by atoms with E-state index >= 15 is 0 Å². The SMILES string of the molecule is O=C(NN=Cc1ccc(-c2ccccc2)cc1)c1ccncc1. The lowest BCUT2D eigenvalue weighted by molar-refractivity contribution is 0.0955. The van der Waals surface area contributed by atoms with E-state index < -0.39 is 0 Å². The fourth-order valence-electron chi connectivity index (χ4n) is 2.13. The molecule has 3 aromatic rings. The van der Waals surface area contributed by atoms with Gasteiger partial charge in [-0.2, -0.15) is 5.10 Å². The maximum atomic E-state index is 11.8. The van der Waals surface area contributed by atoms with Crippen LogP contribution in [0.4, 0.5) is 0 Å². The molecule has 4 nitrogen and oxygen atoms in total. The average Bonchev–Trinajstić information content (AvgIpc) is 2.64. The van der Waals surface area contributed by atoms with Gasteiger partial charge < -0.3 is 0 Å². The number of pyridine rings is 1. The predicted molar refractivity (Wildman–Crippen MR) is 91.2 cm³/mol. The fourth-order valence-corrected chi connectivity index (χ4v) is 2.13. The van der Waals surface area contributed by atoms with Gasteiger partial charge in [0.1, 0.15) is 0 Å². The molecule has 1 N–H and O–H groups in total. The number of hydrogen-bond acceptors (Lipinski definition) is 3. The molecular formula is C19H15N3O. The second-order valence-corrected chi connectivity index (χ2v) is 4.92.